The number of hydrogen-bond donors (Lipinski definition) is 4. The standard InChI is InChI=1S/C11H20O6/c1-2-11(17,10(15)16)8(12)6-4-3-5-7-9(13)14/h8,12,17H,2-7H2,1H3,(H,13,14)(H,15,16). The predicted octanol–water partition coefficient (Wildman–Crippen LogP) is 0.608. The Morgan fingerprint density at radius 3 is 2.18 bits per heavy atom. The van der Waals surface area contributed by atoms with Crippen LogP contribution in [0.2, 0.25) is 0 Å². The van der Waals surface area contributed by atoms with E-state index >= 15 is 0 Å². The molecule has 0 aliphatic carbocycles. The van der Waals surface area contributed by atoms with E-state index in [4.69, 9.17) is 10.2 Å². The molecule has 6 nitrogen and oxygen atoms in total. The molecule has 0 aromatic heterocycles. The molecule has 6 heteroatoms. The first kappa shape index (κ1) is 15.9. The first-order valence-electron chi connectivity index (χ1n) is 5.70. The van der Waals surface area contributed by atoms with Gasteiger partial charge in [-0.05, 0) is 19.3 Å². The summed E-state index contributed by atoms with van der Waals surface area (Å²) in [7, 11) is 0. The van der Waals surface area contributed by atoms with Crippen molar-refractivity contribution >= 4 is 11.9 Å². The Morgan fingerprint density at radius 1 is 1.18 bits per heavy atom. The van der Waals surface area contributed by atoms with Crippen molar-refractivity contribution in [1.82, 2.24) is 0 Å². The van der Waals surface area contributed by atoms with Gasteiger partial charge in [0.05, 0.1) is 6.10 Å². The lowest BCUT2D eigenvalue weighted by molar-refractivity contribution is -0.172. The second-order valence-corrected chi connectivity index (χ2v) is 4.09. The summed E-state index contributed by atoms with van der Waals surface area (Å²) in [6, 6.07) is 0. The molecule has 0 amide bonds. The molecule has 0 spiro atoms. The van der Waals surface area contributed by atoms with E-state index in [1.165, 1.54) is 6.92 Å². The van der Waals surface area contributed by atoms with Crippen LogP contribution in [0.15, 0.2) is 0 Å². The van der Waals surface area contributed by atoms with Crippen LogP contribution >= 0.6 is 0 Å². The predicted molar refractivity (Wildman–Crippen MR) is 59.6 cm³/mol. The molecular formula is C11H20O6. The Kier molecular flexibility index (Phi) is 6.75. The smallest absolute Gasteiger partial charge is 0.338 e. The summed E-state index contributed by atoms with van der Waals surface area (Å²) in [5, 5.41) is 36.5. The van der Waals surface area contributed by atoms with Crippen LogP contribution < -0.4 is 0 Å². The zero-order chi connectivity index (χ0) is 13.5. The molecule has 0 radical (unpaired) electrons. The number of aliphatic hydroxyl groups excluding tert-OH is 1. The van der Waals surface area contributed by atoms with Gasteiger partial charge in [-0.25, -0.2) is 4.79 Å². The maximum Gasteiger partial charge on any atom is 0.338 e. The minimum Gasteiger partial charge on any atom is -0.481 e. The summed E-state index contributed by atoms with van der Waals surface area (Å²) in [5.41, 5.74) is -2.10. The highest BCUT2D eigenvalue weighted by Crippen LogP contribution is 2.20. The van der Waals surface area contributed by atoms with Gasteiger partial charge in [0.2, 0.25) is 0 Å². The maximum absolute atomic E-state index is 10.8. The molecule has 2 unspecified atom stereocenters. The third-order valence-electron chi connectivity index (χ3n) is 2.83. The number of aliphatic hydroxyl groups is 2. The molecule has 0 aromatic carbocycles. The van der Waals surface area contributed by atoms with Crippen molar-refractivity contribution in [2.24, 2.45) is 0 Å². The highest BCUT2D eigenvalue weighted by molar-refractivity contribution is 5.77. The van der Waals surface area contributed by atoms with E-state index in [0.717, 1.165) is 0 Å². The molecule has 0 aliphatic rings. The van der Waals surface area contributed by atoms with Crippen LogP contribution in [-0.2, 0) is 9.59 Å². The first-order chi connectivity index (χ1) is 7.84. The van der Waals surface area contributed by atoms with E-state index < -0.39 is 23.6 Å². The average molecular weight is 248 g/mol. The van der Waals surface area contributed by atoms with Crippen LogP contribution in [0.3, 0.4) is 0 Å². The number of hydrogen-bond acceptors (Lipinski definition) is 4. The molecule has 0 heterocycles. The van der Waals surface area contributed by atoms with Gasteiger partial charge in [0.25, 0.3) is 0 Å². The zero-order valence-electron chi connectivity index (χ0n) is 9.93. The van der Waals surface area contributed by atoms with E-state index in [0.29, 0.717) is 19.3 Å². The summed E-state index contributed by atoms with van der Waals surface area (Å²) in [5.74, 6) is -2.31. The summed E-state index contributed by atoms with van der Waals surface area (Å²) in [4.78, 5) is 21.0. The highest BCUT2D eigenvalue weighted by Gasteiger charge is 2.41. The molecular weight excluding hydrogens is 228 g/mol. The van der Waals surface area contributed by atoms with Crippen LogP contribution in [0.1, 0.15) is 45.4 Å². The Bertz CT molecular complexity index is 265. The van der Waals surface area contributed by atoms with E-state index in [9.17, 15) is 19.8 Å². The number of carboxylic acids is 2. The molecule has 0 rings (SSSR count). The van der Waals surface area contributed by atoms with Gasteiger partial charge in [-0.15, -0.1) is 0 Å². The third-order valence-corrected chi connectivity index (χ3v) is 2.83. The van der Waals surface area contributed by atoms with Gasteiger partial charge in [-0.1, -0.05) is 19.8 Å². The lowest BCUT2D eigenvalue weighted by Crippen LogP contribution is -2.49. The van der Waals surface area contributed by atoms with Gasteiger partial charge in [-0.2, -0.15) is 0 Å². The minimum atomic E-state index is -2.10. The zero-order valence-corrected chi connectivity index (χ0v) is 9.93. The van der Waals surface area contributed by atoms with Gasteiger partial charge in [0.1, 0.15) is 0 Å². The van der Waals surface area contributed by atoms with Crippen molar-refractivity contribution in [2.75, 3.05) is 0 Å². The quantitative estimate of drug-likeness (QED) is 0.444. The van der Waals surface area contributed by atoms with Gasteiger partial charge in [0.15, 0.2) is 5.60 Å². The fourth-order valence-corrected chi connectivity index (χ4v) is 1.56. The summed E-state index contributed by atoms with van der Waals surface area (Å²) >= 11 is 0. The lowest BCUT2D eigenvalue weighted by Gasteiger charge is -2.27. The molecule has 100 valence electrons. The molecule has 0 bridgehead atoms. The summed E-state index contributed by atoms with van der Waals surface area (Å²) in [6.45, 7) is 1.49. The van der Waals surface area contributed by atoms with Crippen molar-refractivity contribution in [3.63, 3.8) is 0 Å². The second kappa shape index (κ2) is 7.24. The van der Waals surface area contributed by atoms with Gasteiger partial charge < -0.3 is 20.4 Å². The van der Waals surface area contributed by atoms with Crippen LogP contribution in [0.5, 0.6) is 0 Å². The average Bonchev–Trinajstić information content (AvgIpc) is 2.26. The van der Waals surface area contributed by atoms with Crippen LogP contribution in [0, 0.1) is 0 Å². The van der Waals surface area contributed by atoms with Crippen molar-refractivity contribution in [1.29, 1.82) is 0 Å². The summed E-state index contributed by atoms with van der Waals surface area (Å²) < 4.78 is 0. The normalized spacial score (nSPS) is 16.2. The van der Waals surface area contributed by atoms with Crippen molar-refractivity contribution in [2.45, 2.75) is 57.2 Å². The number of carboxylic acid groups (broad SMARTS) is 2. The van der Waals surface area contributed by atoms with Gasteiger partial charge in [0, 0.05) is 6.42 Å². The van der Waals surface area contributed by atoms with Crippen molar-refractivity contribution in [3.8, 4) is 0 Å². The van der Waals surface area contributed by atoms with Crippen LogP contribution in [0.4, 0.5) is 0 Å². The van der Waals surface area contributed by atoms with E-state index in [1.807, 2.05) is 0 Å². The second-order valence-electron chi connectivity index (χ2n) is 4.09. The topological polar surface area (TPSA) is 115 Å². The maximum atomic E-state index is 10.8. The minimum absolute atomic E-state index is 0.0626. The van der Waals surface area contributed by atoms with Gasteiger partial charge in [-0.3, -0.25) is 4.79 Å². The van der Waals surface area contributed by atoms with Gasteiger partial charge >= 0.3 is 11.9 Å². The Labute approximate surface area is 99.9 Å². The Morgan fingerprint density at radius 2 is 1.76 bits per heavy atom. The molecule has 4 N–H and O–H groups in total. The van der Waals surface area contributed by atoms with Crippen molar-refractivity contribution in [3.05, 3.63) is 0 Å². The summed E-state index contributed by atoms with van der Waals surface area (Å²) in [6.07, 6.45) is 0.379. The Hall–Kier alpha value is -1.14. The molecule has 0 aliphatic heterocycles. The van der Waals surface area contributed by atoms with Crippen LogP contribution in [-0.4, -0.2) is 44.1 Å². The molecule has 17 heavy (non-hydrogen) atoms. The molecule has 0 aromatic rings. The number of aliphatic carboxylic acids is 2. The molecule has 0 saturated heterocycles. The fourth-order valence-electron chi connectivity index (χ4n) is 1.56. The van der Waals surface area contributed by atoms with Crippen LogP contribution in [0.25, 0.3) is 0 Å². The monoisotopic (exact) mass is 248 g/mol. The molecule has 0 saturated carbocycles. The first-order valence-corrected chi connectivity index (χ1v) is 5.70. The number of unbranched alkanes of at least 4 members (excludes halogenated alkanes) is 2. The fraction of sp³-hybridized carbons (Fsp3) is 0.818. The van der Waals surface area contributed by atoms with Crippen molar-refractivity contribution < 1.29 is 30.0 Å². The SMILES string of the molecule is CCC(O)(C(=O)O)C(O)CCCCCC(=O)O. The Balaban J connectivity index is 3.96. The molecule has 2 atom stereocenters. The lowest BCUT2D eigenvalue weighted by atomic mass is 9.90. The number of carbonyl (C=O) groups is 2. The third kappa shape index (κ3) is 5.14. The van der Waals surface area contributed by atoms with E-state index in [1.54, 1.807) is 0 Å². The highest BCUT2D eigenvalue weighted by atomic mass is 16.4. The number of rotatable bonds is 9. The van der Waals surface area contributed by atoms with E-state index in [2.05, 4.69) is 0 Å². The molecule has 0 fully saturated rings. The van der Waals surface area contributed by atoms with E-state index in [-0.39, 0.29) is 19.3 Å². The largest absolute Gasteiger partial charge is 0.481 e.